The maximum atomic E-state index is 5.41. The van der Waals surface area contributed by atoms with Crippen LogP contribution in [-0.2, 0) is 5.75 Å². The summed E-state index contributed by atoms with van der Waals surface area (Å²) in [5.74, 6) is 1.02. The Morgan fingerprint density at radius 1 is 1.89 bits per heavy atom. The van der Waals surface area contributed by atoms with Gasteiger partial charge in [-0.2, -0.15) is 11.8 Å². The van der Waals surface area contributed by atoms with Crippen molar-refractivity contribution in [3.05, 3.63) is 11.1 Å². The van der Waals surface area contributed by atoms with Crippen LogP contribution in [0.3, 0.4) is 0 Å². The molecule has 0 fully saturated rings. The van der Waals surface area contributed by atoms with Crippen molar-refractivity contribution in [2.24, 2.45) is 0 Å². The van der Waals surface area contributed by atoms with E-state index in [9.17, 15) is 0 Å². The summed E-state index contributed by atoms with van der Waals surface area (Å²) in [5, 5.41) is 0.666. The van der Waals surface area contributed by atoms with E-state index in [1.807, 2.05) is 6.20 Å². The summed E-state index contributed by atoms with van der Waals surface area (Å²) in [6.45, 7) is 0. The van der Waals surface area contributed by atoms with Gasteiger partial charge in [-0.3, -0.25) is 0 Å². The van der Waals surface area contributed by atoms with E-state index in [1.54, 1.807) is 23.1 Å². The Bertz CT molecular complexity index is 185. The lowest BCUT2D eigenvalue weighted by Crippen LogP contribution is -1.77. The zero-order valence-electron chi connectivity index (χ0n) is 5.13. The van der Waals surface area contributed by atoms with E-state index in [0.29, 0.717) is 5.13 Å². The number of aromatic nitrogens is 1. The average Bonchev–Trinajstić information content (AvgIpc) is 2.17. The Morgan fingerprint density at radius 3 is 3.11 bits per heavy atom. The smallest absolute Gasteiger partial charge is 0.180 e. The highest BCUT2D eigenvalue weighted by molar-refractivity contribution is 7.97. The third-order valence-corrected chi connectivity index (χ3v) is 2.47. The van der Waals surface area contributed by atoms with Crippen LogP contribution in [-0.4, -0.2) is 11.2 Å². The Kier molecular flexibility index (Phi) is 2.36. The van der Waals surface area contributed by atoms with Gasteiger partial charge in [0.15, 0.2) is 5.13 Å². The summed E-state index contributed by atoms with van der Waals surface area (Å²) < 4.78 is 0. The van der Waals surface area contributed by atoms with E-state index in [2.05, 4.69) is 11.2 Å². The molecule has 0 unspecified atom stereocenters. The highest BCUT2D eigenvalue weighted by Gasteiger charge is 1.94. The van der Waals surface area contributed by atoms with Crippen molar-refractivity contribution < 1.29 is 0 Å². The molecule has 0 aliphatic carbocycles. The van der Waals surface area contributed by atoms with Gasteiger partial charge in [0.25, 0.3) is 0 Å². The molecule has 0 spiro atoms. The van der Waals surface area contributed by atoms with Crippen molar-refractivity contribution in [1.29, 1.82) is 0 Å². The number of hydrogen-bond acceptors (Lipinski definition) is 4. The molecule has 0 aliphatic rings. The molecule has 0 radical (unpaired) electrons. The minimum atomic E-state index is 0.666. The monoisotopic (exact) mass is 160 g/mol. The van der Waals surface area contributed by atoms with Gasteiger partial charge in [-0.25, -0.2) is 4.98 Å². The molecule has 2 N–H and O–H groups in total. The van der Waals surface area contributed by atoms with Crippen LogP contribution in [0.25, 0.3) is 0 Å². The normalized spacial score (nSPS) is 9.89. The van der Waals surface area contributed by atoms with Crippen molar-refractivity contribution in [2.75, 3.05) is 12.0 Å². The van der Waals surface area contributed by atoms with Gasteiger partial charge >= 0.3 is 0 Å². The molecule has 0 atom stereocenters. The molecular weight excluding hydrogens is 152 g/mol. The molecule has 9 heavy (non-hydrogen) atoms. The Hall–Kier alpha value is -0.220. The van der Waals surface area contributed by atoms with Crippen LogP contribution in [0.2, 0.25) is 0 Å². The van der Waals surface area contributed by atoms with Crippen LogP contribution >= 0.6 is 23.1 Å². The van der Waals surface area contributed by atoms with Crippen molar-refractivity contribution in [3.8, 4) is 0 Å². The summed E-state index contributed by atoms with van der Waals surface area (Å²) in [4.78, 5) is 5.17. The van der Waals surface area contributed by atoms with Gasteiger partial charge in [-0.15, -0.1) is 11.3 Å². The van der Waals surface area contributed by atoms with Gasteiger partial charge in [0.05, 0.1) is 0 Å². The van der Waals surface area contributed by atoms with Crippen molar-refractivity contribution in [2.45, 2.75) is 5.75 Å². The topological polar surface area (TPSA) is 38.9 Å². The Labute approximate surface area is 62.5 Å². The number of nitrogen functional groups attached to an aromatic ring is 1. The molecular formula is C5H8N2S2. The average molecular weight is 160 g/mol. The fraction of sp³-hybridized carbons (Fsp3) is 0.400. The molecule has 0 saturated carbocycles. The van der Waals surface area contributed by atoms with Gasteiger partial charge in [-0.1, -0.05) is 0 Å². The summed E-state index contributed by atoms with van der Waals surface area (Å²) in [6.07, 6.45) is 3.90. The number of thiazole rings is 1. The van der Waals surface area contributed by atoms with E-state index in [4.69, 9.17) is 5.73 Å². The van der Waals surface area contributed by atoms with Crippen LogP contribution in [0.4, 0.5) is 5.13 Å². The highest BCUT2D eigenvalue weighted by atomic mass is 32.2. The third-order valence-electron chi connectivity index (χ3n) is 0.858. The molecule has 2 nitrogen and oxygen atoms in total. The van der Waals surface area contributed by atoms with Crippen molar-refractivity contribution in [1.82, 2.24) is 4.98 Å². The number of nitrogens with zero attached hydrogens (tertiary/aromatic N) is 1. The fourth-order valence-corrected chi connectivity index (χ4v) is 1.96. The summed E-state index contributed by atoms with van der Waals surface area (Å²) in [7, 11) is 0. The highest BCUT2D eigenvalue weighted by Crippen LogP contribution is 2.18. The van der Waals surface area contributed by atoms with Gasteiger partial charge in [0, 0.05) is 16.8 Å². The number of thioether (sulfide) groups is 1. The van der Waals surface area contributed by atoms with Crippen LogP contribution in [0.15, 0.2) is 6.20 Å². The molecule has 0 saturated heterocycles. The predicted octanol–water partition coefficient (Wildman–Crippen LogP) is 1.59. The first-order valence-corrected chi connectivity index (χ1v) is 4.73. The quantitative estimate of drug-likeness (QED) is 0.714. The predicted molar refractivity (Wildman–Crippen MR) is 43.7 cm³/mol. The van der Waals surface area contributed by atoms with Gasteiger partial charge in [-0.05, 0) is 6.26 Å². The molecule has 1 rings (SSSR count). The zero-order valence-corrected chi connectivity index (χ0v) is 6.76. The van der Waals surface area contributed by atoms with Gasteiger partial charge in [0.1, 0.15) is 0 Å². The standard InChI is InChI=1S/C5H8N2S2/c1-8-3-4-2-7-5(6)9-4/h2H,3H2,1H3,(H2,6,7). The molecule has 1 aromatic rings. The molecule has 4 heteroatoms. The molecule has 0 aromatic carbocycles. The van der Waals surface area contributed by atoms with E-state index in [1.165, 1.54) is 4.88 Å². The molecule has 50 valence electrons. The van der Waals surface area contributed by atoms with E-state index >= 15 is 0 Å². The molecule has 1 aromatic heterocycles. The van der Waals surface area contributed by atoms with E-state index in [-0.39, 0.29) is 0 Å². The zero-order chi connectivity index (χ0) is 6.69. The number of rotatable bonds is 2. The lowest BCUT2D eigenvalue weighted by atomic mass is 10.6. The van der Waals surface area contributed by atoms with Crippen molar-refractivity contribution >= 4 is 28.2 Å². The first-order chi connectivity index (χ1) is 4.33. The second kappa shape index (κ2) is 3.08. The maximum Gasteiger partial charge on any atom is 0.180 e. The van der Waals surface area contributed by atoms with Crippen LogP contribution in [0.1, 0.15) is 4.88 Å². The number of anilines is 1. The minimum Gasteiger partial charge on any atom is -0.375 e. The lowest BCUT2D eigenvalue weighted by Gasteiger charge is -1.85. The first-order valence-electron chi connectivity index (χ1n) is 2.52. The second-order valence-electron chi connectivity index (χ2n) is 1.60. The van der Waals surface area contributed by atoms with Gasteiger partial charge < -0.3 is 5.73 Å². The summed E-state index contributed by atoms with van der Waals surface area (Å²) in [6, 6.07) is 0. The molecule has 0 amide bonds. The van der Waals surface area contributed by atoms with E-state index in [0.717, 1.165) is 5.75 Å². The van der Waals surface area contributed by atoms with E-state index < -0.39 is 0 Å². The third kappa shape index (κ3) is 1.87. The van der Waals surface area contributed by atoms with Crippen molar-refractivity contribution in [3.63, 3.8) is 0 Å². The maximum absolute atomic E-state index is 5.41. The summed E-state index contributed by atoms with van der Waals surface area (Å²) in [5.41, 5.74) is 5.41. The number of hydrogen-bond donors (Lipinski definition) is 1. The fourth-order valence-electron chi connectivity index (χ4n) is 0.532. The van der Waals surface area contributed by atoms with Gasteiger partial charge in [0.2, 0.25) is 0 Å². The summed E-state index contributed by atoms with van der Waals surface area (Å²) >= 11 is 3.34. The molecule has 0 aliphatic heterocycles. The Morgan fingerprint density at radius 2 is 2.67 bits per heavy atom. The second-order valence-corrected chi connectivity index (χ2v) is 3.61. The SMILES string of the molecule is CSCc1cnc(N)s1. The number of nitrogens with two attached hydrogens (primary N) is 1. The molecule has 1 heterocycles. The Balaban J connectivity index is 2.61. The van der Waals surface area contributed by atoms with Crippen LogP contribution in [0, 0.1) is 0 Å². The van der Waals surface area contributed by atoms with Crippen LogP contribution < -0.4 is 5.73 Å². The first kappa shape index (κ1) is 6.89. The minimum absolute atomic E-state index is 0.666. The lowest BCUT2D eigenvalue weighted by molar-refractivity contribution is 1.37. The van der Waals surface area contributed by atoms with Crippen LogP contribution in [0.5, 0.6) is 0 Å². The molecule has 0 bridgehead atoms. The largest absolute Gasteiger partial charge is 0.375 e.